The van der Waals surface area contributed by atoms with E-state index in [1.807, 2.05) is 11.9 Å². The van der Waals surface area contributed by atoms with Crippen LogP contribution in [0.1, 0.15) is 13.3 Å². The molecular weight excluding hydrogens is 247 g/mol. The number of hydrogen-bond donors (Lipinski definition) is 1. The zero-order valence-electron chi connectivity index (χ0n) is 8.35. The summed E-state index contributed by atoms with van der Waals surface area (Å²) in [5, 5.41) is 0. The lowest BCUT2D eigenvalue weighted by Gasteiger charge is -2.20. The zero-order valence-corrected chi connectivity index (χ0v) is 9.94. The van der Waals surface area contributed by atoms with Crippen molar-refractivity contribution in [3.8, 4) is 0 Å². The quantitative estimate of drug-likeness (QED) is 0.847. The number of nitrogen functional groups attached to an aromatic ring is 1. The molecule has 0 fully saturated rings. The Bertz CT molecular complexity index is 328. The smallest absolute Gasteiger partial charge is 0.139 e. The highest BCUT2D eigenvalue weighted by atomic mass is 79.9. The summed E-state index contributed by atoms with van der Waals surface area (Å²) in [6, 6.07) is 3.05. The Morgan fingerprint density at radius 3 is 2.71 bits per heavy atom. The fourth-order valence-corrected chi connectivity index (χ4v) is 1.70. The fourth-order valence-electron chi connectivity index (χ4n) is 1.34. The largest absolute Gasteiger partial charge is 0.397 e. The first-order valence-corrected chi connectivity index (χ1v) is 5.31. The van der Waals surface area contributed by atoms with Gasteiger partial charge in [-0.1, -0.05) is 6.92 Å². The minimum absolute atomic E-state index is 0.280. The maximum atomic E-state index is 13.2. The Morgan fingerprint density at radius 1 is 1.50 bits per heavy atom. The van der Waals surface area contributed by atoms with Crippen molar-refractivity contribution in [1.29, 1.82) is 0 Å². The van der Waals surface area contributed by atoms with Gasteiger partial charge in [0.25, 0.3) is 0 Å². The van der Waals surface area contributed by atoms with Gasteiger partial charge in [0.1, 0.15) is 5.82 Å². The van der Waals surface area contributed by atoms with E-state index in [0.29, 0.717) is 10.2 Å². The summed E-state index contributed by atoms with van der Waals surface area (Å²) >= 11 is 3.09. The van der Waals surface area contributed by atoms with Gasteiger partial charge in [-0.05, 0) is 28.4 Å². The predicted octanol–water partition coefficient (Wildman–Crippen LogP) is 3.02. The zero-order chi connectivity index (χ0) is 10.7. The van der Waals surface area contributed by atoms with Crippen LogP contribution in [0.25, 0.3) is 0 Å². The molecule has 0 aliphatic rings. The van der Waals surface area contributed by atoms with Gasteiger partial charge in [0, 0.05) is 19.7 Å². The Kier molecular flexibility index (Phi) is 3.75. The highest BCUT2D eigenvalue weighted by molar-refractivity contribution is 9.10. The first-order chi connectivity index (χ1) is 6.56. The molecule has 0 saturated carbocycles. The molecule has 0 aliphatic carbocycles. The summed E-state index contributed by atoms with van der Waals surface area (Å²) in [5.41, 5.74) is 7.12. The van der Waals surface area contributed by atoms with Crippen LogP contribution in [0.3, 0.4) is 0 Å². The molecular formula is C10H14BrFN2. The minimum Gasteiger partial charge on any atom is -0.397 e. The van der Waals surface area contributed by atoms with Gasteiger partial charge in [0.15, 0.2) is 0 Å². The second-order valence-electron chi connectivity index (χ2n) is 3.25. The molecule has 0 unspecified atom stereocenters. The molecule has 1 rings (SSSR count). The summed E-state index contributed by atoms with van der Waals surface area (Å²) in [4.78, 5) is 1.95. The van der Waals surface area contributed by atoms with Crippen molar-refractivity contribution >= 4 is 27.3 Å². The van der Waals surface area contributed by atoms with Crippen molar-refractivity contribution in [1.82, 2.24) is 0 Å². The van der Waals surface area contributed by atoms with Crippen LogP contribution in [0.2, 0.25) is 0 Å². The molecule has 0 aliphatic heterocycles. The molecule has 0 amide bonds. The Balaban J connectivity index is 3.02. The number of halogens is 2. The van der Waals surface area contributed by atoms with E-state index in [1.165, 1.54) is 6.07 Å². The van der Waals surface area contributed by atoms with Crippen LogP contribution in [0, 0.1) is 5.82 Å². The highest BCUT2D eigenvalue weighted by Crippen LogP contribution is 2.28. The van der Waals surface area contributed by atoms with E-state index in [2.05, 4.69) is 22.9 Å². The summed E-state index contributed by atoms with van der Waals surface area (Å²) < 4.78 is 13.6. The van der Waals surface area contributed by atoms with Crippen molar-refractivity contribution in [2.75, 3.05) is 24.2 Å². The first kappa shape index (κ1) is 11.3. The maximum Gasteiger partial charge on any atom is 0.139 e. The molecule has 1 aromatic carbocycles. The summed E-state index contributed by atoms with van der Waals surface area (Å²) in [5.74, 6) is -0.280. The van der Waals surface area contributed by atoms with E-state index < -0.39 is 0 Å². The third-order valence-corrected chi connectivity index (χ3v) is 2.65. The van der Waals surface area contributed by atoms with Crippen LogP contribution in [-0.4, -0.2) is 13.6 Å². The van der Waals surface area contributed by atoms with Gasteiger partial charge in [-0.2, -0.15) is 0 Å². The van der Waals surface area contributed by atoms with Gasteiger partial charge in [0.2, 0.25) is 0 Å². The van der Waals surface area contributed by atoms with Gasteiger partial charge in [-0.3, -0.25) is 0 Å². The molecule has 0 bridgehead atoms. The van der Waals surface area contributed by atoms with E-state index in [4.69, 9.17) is 5.73 Å². The number of rotatable bonds is 3. The number of nitrogens with zero attached hydrogens (tertiary/aromatic N) is 1. The molecule has 1 aromatic rings. The Hall–Kier alpha value is -0.770. The molecule has 0 aromatic heterocycles. The van der Waals surface area contributed by atoms with Gasteiger partial charge < -0.3 is 10.6 Å². The van der Waals surface area contributed by atoms with E-state index in [1.54, 1.807) is 6.07 Å². The molecule has 0 heterocycles. The van der Waals surface area contributed by atoms with E-state index in [9.17, 15) is 4.39 Å². The van der Waals surface area contributed by atoms with Gasteiger partial charge in [0.05, 0.1) is 15.8 Å². The molecule has 2 N–H and O–H groups in total. The van der Waals surface area contributed by atoms with Crippen molar-refractivity contribution in [3.05, 3.63) is 22.4 Å². The van der Waals surface area contributed by atoms with Crippen LogP contribution >= 0.6 is 15.9 Å². The standard InChI is InChI=1S/C10H14BrFN2/c1-3-4-14(2)10-6-8(12)7(11)5-9(10)13/h5-6H,3-4,13H2,1-2H3. The number of hydrogen-bond acceptors (Lipinski definition) is 2. The molecule has 0 radical (unpaired) electrons. The first-order valence-electron chi connectivity index (χ1n) is 4.52. The highest BCUT2D eigenvalue weighted by Gasteiger charge is 2.08. The molecule has 0 spiro atoms. The van der Waals surface area contributed by atoms with Crippen LogP contribution in [0.15, 0.2) is 16.6 Å². The van der Waals surface area contributed by atoms with Crippen molar-refractivity contribution in [3.63, 3.8) is 0 Å². The SMILES string of the molecule is CCCN(C)c1cc(F)c(Br)cc1N. The number of benzene rings is 1. The lowest BCUT2D eigenvalue weighted by atomic mass is 10.2. The van der Waals surface area contributed by atoms with Crippen molar-refractivity contribution in [2.45, 2.75) is 13.3 Å². The molecule has 2 nitrogen and oxygen atoms in total. The Morgan fingerprint density at radius 2 is 2.14 bits per heavy atom. The average molecular weight is 261 g/mol. The maximum absolute atomic E-state index is 13.2. The average Bonchev–Trinajstić information content (AvgIpc) is 2.11. The van der Waals surface area contributed by atoms with Crippen LogP contribution < -0.4 is 10.6 Å². The fraction of sp³-hybridized carbons (Fsp3) is 0.400. The Labute approximate surface area is 92.0 Å². The van der Waals surface area contributed by atoms with Crippen LogP contribution in [0.4, 0.5) is 15.8 Å². The van der Waals surface area contributed by atoms with Crippen molar-refractivity contribution < 1.29 is 4.39 Å². The van der Waals surface area contributed by atoms with Crippen LogP contribution in [-0.2, 0) is 0 Å². The predicted molar refractivity (Wildman–Crippen MR) is 62.1 cm³/mol. The van der Waals surface area contributed by atoms with Crippen molar-refractivity contribution in [2.24, 2.45) is 0 Å². The third-order valence-electron chi connectivity index (χ3n) is 2.04. The lowest BCUT2D eigenvalue weighted by molar-refractivity contribution is 0.620. The van der Waals surface area contributed by atoms with Crippen LogP contribution in [0.5, 0.6) is 0 Å². The van der Waals surface area contributed by atoms with E-state index >= 15 is 0 Å². The van der Waals surface area contributed by atoms with E-state index in [-0.39, 0.29) is 5.82 Å². The molecule has 14 heavy (non-hydrogen) atoms. The number of anilines is 2. The minimum atomic E-state index is -0.280. The topological polar surface area (TPSA) is 29.3 Å². The van der Waals surface area contributed by atoms with Gasteiger partial charge in [-0.15, -0.1) is 0 Å². The van der Waals surface area contributed by atoms with Gasteiger partial charge in [-0.25, -0.2) is 4.39 Å². The van der Waals surface area contributed by atoms with Gasteiger partial charge >= 0.3 is 0 Å². The summed E-state index contributed by atoms with van der Waals surface area (Å²) in [7, 11) is 1.91. The normalized spacial score (nSPS) is 10.3. The summed E-state index contributed by atoms with van der Waals surface area (Å²) in [6.45, 7) is 2.94. The molecule has 0 atom stereocenters. The van der Waals surface area contributed by atoms with E-state index in [0.717, 1.165) is 18.7 Å². The summed E-state index contributed by atoms with van der Waals surface area (Å²) in [6.07, 6.45) is 1.01. The molecule has 4 heteroatoms. The second-order valence-corrected chi connectivity index (χ2v) is 4.10. The monoisotopic (exact) mass is 260 g/mol. The second kappa shape index (κ2) is 4.64. The lowest BCUT2D eigenvalue weighted by Crippen LogP contribution is -2.19. The molecule has 0 saturated heterocycles. The third kappa shape index (κ3) is 2.38. The molecule has 78 valence electrons. The number of nitrogens with two attached hydrogens (primary N) is 1.